The molecule has 3 unspecified atom stereocenters. The smallest absolute Gasteiger partial charge is 0.253 e. The maximum Gasteiger partial charge on any atom is 0.253 e. The fourth-order valence-corrected chi connectivity index (χ4v) is 7.09. The van der Waals surface area contributed by atoms with Crippen LogP contribution in [0.3, 0.4) is 0 Å². The summed E-state index contributed by atoms with van der Waals surface area (Å²) in [5.41, 5.74) is -1.35. The van der Waals surface area contributed by atoms with Crippen molar-refractivity contribution >= 4 is 23.4 Å². The first-order valence-corrected chi connectivity index (χ1v) is 14.1. The summed E-state index contributed by atoms with van der Waals surface area (Å²) in [5.74, 6) is -1.48. The number of nitrogens with zero attached hydrogens (tertiary/aromatic N) is 3. The Morgan fingerprint density at radius 1 is 1.15 bits per heavy atom. The van der Waals surface area contributed by atoms with Crippen LogP contribution in [-0.2, 0) is 19.1 Å². The Morgan fingerprint density at radius 2 is 1.82 bits per heavy atom. The molecule has 1 aromatic rings. The van der Waals surface area contributed by atoms with E-state index < -0.39 is 29.1 Å². The van der Waals surface area contributed by atoms with Crippen molar-refractivity contribution in [3.8, 4) is 5.75 Å². The number of methoxy groups -OCH3 is 1. The molecule has 3 aliphatic heterocycles. The summed E-state index contributed by atoms with van der Waals surface area (Å²) in [6.07, 6.45) is 5.78. The fourth-order valence-electron chi connectivity index (χ4n) is 7.09. The normalized spacial score (nSPS) is 30.2. The minimum absolute atomic E-state index is 0.0406. The largest absolute Gasteiger partial charge is 0.497 e. The van der Waals surface area contributed by atoms with E-state index in [1.54, 1.807) is 53.1 Å². The molecule has 9 heteroatoms. The van der Waals surface area contributed by atoms with Crippen molar-refractivity contribution in [1.29, 1.82) is 0 Å². The maximum atomic E-state index is 14.6. The third-order valence-corrected chi connectivity index (χ3v) is 9.11. The van der Waals surface area contributed by atoms with Crippen LogP contribution in [0.4, 0.5) is 5.69 Å². The third-order valence-electron chi connectivity index (χ3n) is 9.11. The molecule has 3 fully saturated rings. The van der Waals surface area contributed by atoms with E-state index >= 15 is 0 Å². The number of amides is 3. The lowest BCUT2D eigenvalue weighted by atomic mass is 9.62. The second-order valence-corrected chi connectivity index (χ2v) is 11.5. The van der Waals surface area contributed by atoms with Crippen molar-refractivity contribution in [3.63, 3.8) is 0 Å². The van der Waals surface area contributed by atoms with Crippen LogP contribution in [0, 0.1) is 17.8 Å². The monoisotopic (exact) mass is 553 g/mol. The van der Waals surface area contributed by atoms with Gasteiger partial charge in [0.1, 0.15) is 17.4 Å². The van der Waals surface area contributed by atoms with Gasteiger partial charge in [0.2, 0.25) is 11.8 Å². The van der Waals surface area contributed by atoms with Gasteiger partial charge in [-0.3, -0.25) is 14.4 Å². The molecule has 0 saturated carbocycles. The average Bonchev–Trinajstić information content (AvgIpc) is 3.45. The number of aliphatic hydroxyl groups excluding tert-OH is 1. The molecule has 4 rings (SSSR count). The fraction of sp³-hybridized carbons (Fsp3) is 0.581. The number of unbranched alkanes of at least 4 members (excludes halogenated alkanes) is 2. The zero-order valence-corrected chi connectivity index (χ0v) is 24.2. The standard InChI is InChI=1S/C31H43N3O6/c1-7-16-32(5)27(36)24-25-28(37)34(18-10-9-11-19-35)26(31(25)20-21(3)30(24,4)40-31)29(38)33(17-8-2)22-12-14-23(39-6)15-13-22/h7-8,12-15,21,24-26,35H,1-2,9-11,16-20H2,3-6H3/t21?,24-,25-,26?,30+,31?/m0/s1. The van der Waals surface area contributed by atoms with Gasteiger partial charge in [-0.1, -0.05) is 19.1 Å². The van der Waals surface area contributed by atoms with E-state index in [0.29, 0.717) is 50.2 Å². The van der Waals surface area contributed by atoms with Gasteiger partial charge in [-0.15, -0.1) is 13.2 Å². The molecule has 1 spiro atoms. The predicted octanol–water partition coefficient (Wildman–Crippen LogP) is 3.03. The number of hydrogen-bond donors (Lipinski definition) is 1. The van der Waals surface area contributed by atoms with E-state index in [2.05, 4.69) is 13.2 Å². The molecule has 3 saturated heterocycles. The number of hydrogen-bond acceptors (Lipinski definition) is 6. The number of aliphatic hydroxyl groups is 1. The summed E-state index contributed by atoms with van der Waals surface area (Å²) in [7, 11) is 3.29. The number of likely N-dealkylation sites (tertiary alicyclic amines) is 1. The van der Waals surface area contributed by atoms with E-state index in [0.717, 1.165) is 0 Å². The Morgan fingerprint density at radius 3 is 2.42 bits per heavy atom. The molecule has 3 amide bonds. The van der Waals surface area contributed by atoms with Crippen LogP contribution in [0.25, 0.3) is 0 Å². The highest BCUT2D eigenvalue weighted by Crippen LogP contribution is 2.65. The van der Waals surface area contributed by atoms with Crippen molar-refractivity contribution in [2.45, 2.75) is 56.8 Å². The number of ether oxygens (including phenoxy) is 2. The number of rotatable bonds is 13. The van der Waals surface area contributed by atoms with Gasteiger partial charge in [0.05, 0.1) is 24.5 Å². The van der Waals surface area contributed by atoms with Crippen molar-refractivity contribution in [2.24, 2.45) is 17.8 Å². The first-order valence-electron chi connectivity index (χ1n) is 14.1. The van der Waals surface area contributed by atoms with Gasteiger partial charge in [-0.25, -0.2) is 0 Å². The lowest BCUT2D eigenvalue weighted by Crippen LogP contribution is -2.57. The Kier molecular flexibility index (Phi) is 8.75. The summed E-state index contributed by atoms with van der Waals surface area (Å²) < 4.78 is 12.1. The van der Waals surface area contributed by atoms with Crippen LogP contribution < -0.4 is 9.64 Å². The highest BCUT2D eigenvalue weighted by Gasteiger charge is 2.80. The van der Waals surface area contributed by atoms with E-state index in [-0.39, 0.29) is 36.8 Å². The van der Waals surface area contributed by atoms with Gasteiger partial charge >= 0.3 is 0 Å². The van der Waals surface area contributed by atoms with Crippen molar-refractivity contribution in [1.82, 2.24) is 9.80 Å². The molecule has 0 aliphatic carbocycles. The van der Waals surface area contributed by atoms with Gasteiger partial charge in [-0.2, -0.15) is 0 Å². The summed E-state index contributed by atoms with van der Waals surface area (Å²) in [4.78, 5) is 47.6. The zero-order chi connectivity index (χ0) is 29.2. The predicted molar refractivity (Wildman–Crippen MR) is 153 cm³/mol. The van der Waals surface area contributed by atoms with E-state index in [4.69, 9.17) is 9.47 Å². The molecule has 3 aliphatic rings. The molecule has 40 heavy (non-hydrogen) atoms. The summed E-state index contributed by atoms with van der Waals surface area (Å²) in [6, 6.07) is 6.30. The number of benzene rings is 1. The number of fused-ring (bicyclic) bond motifs is 1. The van der Waals surface area contributed by atoms with Crippen LogP contribution >= 0.6 is 0 Å². The molecule has 9 nitrogen and oxygen atoms in total. The molecule has 1 N–H and O–H groups in total. The molecule has 218 valence electrons. The van der Waals surface area contributed by atoms with Crippen LogP contribution in [0.2, 0.25) is 0 Å². The van der Waals surface area contributed by atoms with Crippen LogP contribution in [0.15, 0.2) is 49.6 Å². The summed E-state index contributed by atoms with van der Waals surface area (Å²) >= 11 is 0. The van der Waals surface area contributed by atoms with E-state index in [9.17, 15) is 19.5 Å². The minimum atomic E-state index is -1.12. The van der Waals surface area contributed by atoms with E-state index in [1.165, 1.54) is 0 Å². The average molecular weight is 554 g/mol. The second-order valence-electron chi connectivity index (χ2n) is 11.5. The summed E-state index contributed by atoms with van der Waals surface area (Å²) in [6.45, 7) is 12.6. The van der Waals surface area contributed by atoms with Gasteiger partial charge in [0, 0.05) is 39.0 Å². The molecule has 6 atom stereocenters. The Hall–Kier alpha value is -3.17. The molecule has 3 heterocycles. The number of anilines is 1. The van der Waals surface area contributed by atoms with Crippen molar-refractivity contribution in [3.05, 3.63) is 49.6 Å². The lowest BCUT2D eigenvalue weighted by Gasteiger charge is -2.38. The summed E-state index contributed by atoms with van der Waals surface area (Å²) in [5, 5.41) is 9.28. The Balaban J connectivity index is 1.79. The van der Waals surface area contributed by atoms with Gasteiger partial charge < -0.3 is 29.3 Å². The van der Waals surface area contributed by atoms with Crippen LogP contribution in [-0.4, -0.2) is 90.3 Å². The third kappa shape index (κ3) is 4.73. The Labute approximate surface area is 237 Å². The number of carbonyl (C=O) groups is 3. The SMILES string of the molecule is C=CCN(C)C(=O)[C@@H]1[C@H]2C(=O)N(CCCCCO)C(C(=O)N(CC=C)c3ccc(OC)cc3)C23CC(C)[C@@]1(C)O3. The molecule has 0 radical (unpaired) electrons. The maximum absolute atomic E-state index is 14.6. The van der Waals surface area contributed by atoms with Crippen molar-refractivity contribution in [2.75, 3.05) is 45.3 Å². The molecule has 0 aromatic heterocycles. The highest BCUT2D eigenvalue weighted by molar-refractivity contribution is 6.05. The van der Waals surface area contributed by atoms with Crippen LogP contribution in [0.1, 0.15) is 39.5 Å². The van der Waals surface area contributed by atoms with Gasteiger partial charge in [0.15, 0.2) is 0 Å². The quantitative estimate of drug-likeness (QED) is 0.298. The lowest BCUT2D eigenvalue weighted by molar-refractivity contribution is -0.150. The first-order chi connectivity index (χ1) is 19.1. The van der Waals surface area contributed by atoms with Gasteiger partial charge in [0.25, 0.3) is 5.91 Å². The molecular weight excluding hydrogens is 510 g/mol. The van der Waals surface area contributed by atoms with E-state index in [1.807, 2.05) is 26.0 Å². The Bertz CT molecular complexity index is 1140. The molecule has 2 bridgehead atoms. The second kappa shape index (κ2) is 11.7. The zero-order valence-electron chi connectivity index (χ0n) is 24.2. The number of likely N-dealkylation sites (N-methyl/N-ethyl adjacent to an activating group) is 1. The van der Waals surface area contributed by atoms with Crippen molar-refractivity contribution < 1.29 is 29.0 Å². The molecular formula is C31H43N3O6. The van der Waals surface area contributed by atoms with Crippen LogP contribution in [0.5, 0.6) is 5.75 Å². The first kappa shape index (κ1) is 29.8. The highest BCUT2D eigenvalue weighted by atomic mass is 16.5. The number of carbonyl (C=O) groups excluding carboxylic acids is 3. The van der Waals surface area contributed by atoms with Gasteiger partial charge in [-0.05, 0) is 62.8 Å². The molecule has 1 aromatic carbocycles. The minimum Gasteiger partial charge on any atom is -0.497 e. The topological polar surface area (TPSA) is 99.6 Å².